The molecule has 0 aliphatic heterocycles. The number of aliphatic hydroxyl groups excluding tert-OH is 1. The van der Waals surface area contributed by atoms with Crippen LogP contribution in [0.2, 0.25) is 0 Å². The molecule has 5 heteroatoms. The van der Waals surface area contributed by atoms with Crippen LogP contribution in [0.15, 0.2) is 30.3 Å². The van der Waals surface area contributed by atoms with Crippen molar-refractivity contribution in [3.05, 3.63) is 30.3 Å². The van der Waals surface area contributed by atoms with Gasteiger partial charge in [-0.15, -0.1) is 0 Å². The Bertz CT molecular complexity index is 416. The molecule has 0 bridgehead atoms. The van der Waals surface area contributed by atoms with Crippen LogP contribution in [0.4, 0.5) is 5.69 Å². The first-order chi connectivity index (χ1) is 7.54. The van der Waals surface area contributed by atoms with Gasteiger partial charge in [0, 0.05) is 6.54 Å². The predicted octanol–water partition coefficient (Wildman–Crippen LogP) is 1.22. The minimum Gasteiger partial charge on any atom is -0.395 e. The number of benzene rings is 1. The highest BCUT2D eigenvalue weighted by atomic mass is 32.2. The summed E-state index contributed by atoms with van der Waals surface area (Å²) in [4.78, 5) is 0. The average Bonchev–Trinajstić information content (AvgIpc) is 2.30. The summed E-state index contributed by atoms with van der Waals surface area (Å²) in [6.07, 6.45) is 0. The molecule has 0 spiro atoms. The number of hydrogen-bond donors (Lipinski definition) is 1. The molecule has 1 rings (SSSR count). The maximum Gasteiger partial charge on any atom is 0.240 e. The number of para-hydroxylation sites is 1. The minimum atomic E-state index is -3.47. The summed E-state index contributed by atoms with van der Waals surface area (Å²) in [7, 11) is -3.47. The molecule has 0 fully saturated rings. The van der Waals surface area contributed by atoms with E-state index in [1.54, 1.807) is 31.2 Å². The van der Waals surface area contributed by atoms with Crippen molar-refractivity contribution in [1.82, 2.24) is 0 Å². The predicted molar refractivity (Wildman–Crippen MR) is 64.9 cm³/mol. The molecule has 1 unspecified atom stereocenters. The zero-order valence-corrected chi connectivity index (χ0v) is 10.3. The van der Waals surface area contributed by atoms with Gasteiger partial charge in [-0.3, -0.25) is 4.31 Å². The molecular weight excluding hydrogens is 226 g/mol. The quantitative estimate of drug-likeness (QED) is 0.846. The third-order valence-corrected chi connectivity index (χ3v) is 4.65. The summed E-state index contributed by atoms with van der Waals surface area (Å²) >= 11 is 0. The highest BCUT2D eigenvalue weighted by Gasteiger charge is 2.27. The molecule has 0 aromatic heterocycles. The van der Waals surface area contributed by atoms with Crippen molar-refractivity contribution in [1.29, 1.82) is 0 Å². The van der Waals surface area contributed by atoms with Crippen molar-refractivity contribution in [3.8, 4) is 0 Å². The monoisotopic (exact) mass is 243 g/mol. The largest absolute Gasteiger partial charge is 0.395 e. The second kappa shape index (κ2) is 5.32. The number of rotatable bonds is 5. The van der Waals surface area contributed by atoms with E-state index < -0.39 is 15.3 Å². The van der Waals surface area contributed by atoms with Gasteiger partial charge in [-0.2, -0.15) is 0 Å². The Kier molecular flexibility index (Phi) is 4.32. The van der Waals surface area contributed by atoms with Crippen molar-refractivity contribution >= 4 is 15.7 Å². The van der Waals surface area contributed by atoms with Crippen LogP contribution in [0, 0.1) is 0 Å². The number of sulfonamides is 1. The molecule has 1 aromatic rings. The van der Waals surface area contributed by atoms with E-state index in [1.807, 2.05) is 6.07 Å². The van der Waals surface area contributed by atoms with Gasteiger partial charge in [0.25, 0.3) is 0 Å². The van der Waals surface area contributed by atoms with Crippen molar-refractivity contribution < 1.29 is 13.5 Å². The number of aliphatic hydroxyl groups is 1. The minimum absolute atomic E-state index is 0.358. The maximum absolute atomic E-state index is 12.1. The zero-order chi connectivity index (χ0) is 12.2. The molecule has 4 nitrogen and oxygen atoms in total. The van der Waals surface area contributed by atoms with Crippen LogP contribution in [-0.2, 0) is 10.0 Å². The Morgan fingerprint density at radius 1 is 1.31 bits per heavy atom. The van der Waals surface area contributed by atoms with Gasteiger partial charge in [-0.1, -0.05) is 18.2 Å². The lowest BCUT2D eigenvalue weighted by atomic mass is 10.3. The molecule has 0 heterocycles. The summed E-state index contributed by atoms with van der Waals surface area (Å²) in [5, 5.41) is 8.17. The highest BCUT2D eigenvalue weighted by molar-refractivity contribution is 7.93. The Balaban J connectivity index is 3.09. The number of nitrogens with zero attached hydrogens (tertiary/aromatic N) is 1. The van der Waals surface area contributed by atoms with E-state index in [9.17, 15) is 8.42 Å². The first kappa shape index (κ1) is 13.0. The van der Waals surface area contributed by atoms with Gasteiger partial charge in [-0.05, 0) is 26.0 Å². The third kappa shape index (κ3) is 2.54. The van der Waals surface area contributed by atoms with Gasteiger partial charge in [0.1, 0.15) is 5.25 Å². The lowest BCUT2D eigenvalue weighted by molar-refractivity contribution is 0.295. The lowest BCUT2D eigenvalue weighted by Crippen LogP contribution is -2.39. The molecule has 0 aliphatic carbocycles. The van der Waals surface area contributed by atoms with E-state index in [0.717, 1.165) is 0 Å². The fourth-order valence-corrected chi connectivity index (χ4v) is 2.81. The van der Waals surface area contributed by atoms with Crippen molar-refractivity contribution in [3.63, 3.8) is 0 Å². The Morgan fingerprint density at radius 3 is 2.31 bits per heavy atom. The zero-order valence-electron chi connectivity index (χ0n) is 9.50. The van der Waals surface area contributed by atoms with Gasteiger partial charge in [0.05, 0.1) is 12.3 Å². The summed E-state index contributed by atoms with van der Waals surface area (Å²) < 4.78 is 25.4. The molecule has 1 N–H and O–H groups in total. The molecule has 0 radical (unpaired) electrons. The molecule has 0 aliphatic rings. The molecule has 0 amide bonds. The van der Waals surface area contributed by atoms with Crippen LogP contribution >= 0.6 is 0 Å². The summed E-state index contributed by atoms with van der Waals surface area (Å²) in [6.45, 7) is 3.26. The number of anilines is 1. The van der Waals surface area contributed by atoms with E-state index in [0.29, 0.717) is 12.2 Å². The molecule has 0 saturated carbocycles. The average molecular weight is 243 g/mol. The SMILES string of the molecule is CCN(c1ccccc1)S(=O)(=O)C(C)CO. The van der Waals surface area contributed by atoms with Gasteiger partial charge >= 0.3 is 0 Å². The van der Waals surface area contributed by atoms with Crippen molar-refractivity contribution in [2.24, 2.45) is 0 Å². The second-order valence-electron chi connectivity index (χ2n) is 3.54. The smallest absolute Gasteiger partial charge is 0.240 e. The van der Waals surface area contributed by atoms with Crippen LogP contribution < -0.4 is 4.31 Å². The van der Waals surface area contributed by atoms with E-state index >= 15 is 0 Å². The van der Waals surface area contributed by atoms with Gasteiger partial charge in [0.15, 0.2) is 0 Å². The third-order valence-electron chi connectivity index (χ3n) is 2.40. The summed E-state index contributed by atoms with van der Waals surface area (Å²) in [5.41, 5.74) is 0.630. The Labute approximate surface area is 96.6 Å². The second-order valence-corrected chi connectivity index (χ2v) is 5.81. The molecule has 1 atom stereocenters. The molecule has 1 aromatic carbocycles. The van der Waals surface area contributed by atoms with Crippen LogP contribution in [-0.4, -0.2) is 31.9 Å². The van der Waals surface area contributed by atoms with E-state index in [-0.39, 0.29) is 6.61 Å². The van der Waals surface area contributed by atoms with E-state index in [4.69, 9.17) is 5.11 Å². The highest BCUT2D eigenvalue weighted by Crippen LogP contribution is 2.19. The van der Waals surface area contributed by atoms with Crippen LogP contribution in [0.25, 0.3) is 0 Å². The summed E-state index contributed by atoms with van der Waals surface area (Å²) in [5.74, 6) is 0. The fraction of sp³-hybridized carbons (Fsp3) is 0.455. The van der Waals surface area contributed by atoms with Crippen LogP contribution in [0.3, 0.4) is 0 Å². The fourth-order valence-electron chi connectivity index (χ4n) is 1.42. The topological polar surface area (TPSA) is 57.6 Å². The van der Waals surface area contributed by atoms with Crippen molar-refractivity contribution in [2.45, 2.75) is 19.1 Å². The Morgan fingerprint density at radius 2 is 1.88 bits per heavy atom. The molecule has 0 saturated heterocycles. The summed E-state index contributed by atoms with van der Waals surface area (Å²) in [6, 6.07) is 8.89. The van der Waals surface area contributed by atoms with Crippen LogP contribution in [0.1, 0.15) is 13.8 Å². The van der Waals surface area contributed by atoms with Gasteiger partial charge in [-0.25, -0.2) is 8.42 Å². The first-order valence-corrected chi connectivity index (χ1v) is 6.71. The lowest BCUT2D eigenvalue weighted by Gasteiger charge is -2.25. The number of hydrogen-bond acceptors (Lipinski definition) is 3. The van der Waals surface area contributed by atoms with Crippen LogP contribution in [0.5, 0.6) is 0 Å². The van der Waals surface area contributed by atoms with E-state index in [1.165, 1.54) is 11.2 Å². The van der Waals surface area contributed by atoms with Gasteiger partial charge < -0.3 is 5.11 Å². The Hall–Kier alpha value is -1.07. The standard InChI is InChI=1S/C11H17NO3S/c1-3-12(11-7-5-4-6-8-11)16(14,15)10(2)9-13/h4-8,10,13H,3,9H2,1-2H3. The molecule has 90 valence electrons. The first-order valence-electron chi connectivity index (χ1n) is 5.21. The van der Waals surface area contributed by atoms with Gasteiger partial charge in [0.2, 0.25) is 10.0 Å². The molecular formula is C11H17NO3S. The van der Waals surface area contributed by atoms with Crippen molar-refractivity contribution in [2.75, 3.05) is 17.5 Å². The molecule has 16 heavy (non-hydrogen) atoms. The maximum atomic E-state index is 12.1. The van der Waals surface area contributed by atoms with E-state index in [2.05, 4.69) is 0 Å². The normalized spacial score (nSPS) is 13.4.